The smallest absolute Gasteiger partial charge is 0.253 e. The van der Waals surface area contributed by atoms with Crippen LogP contribution in [0, 0.1) is 0 Å². The Kier molecular flexibility index (Phi) is 7.67. The molecule has 2 saturated heterocycles. The van der Waals surface area contributed by atoms with Crippen LogP contribution < -0.4 is 4.74 Å². The molecule has 0 aromatic heterocycles. The van der Waals surface area contributed by atoms with Gasteiger partial charge in [-0.05, 0) is 55.2 Å². The summed E-state index contributed by atoms with van der Waals surface area (Å²) >= 11 is 0. The predicted octanol–water partition coefficient (Wildman–Crippen LogP) is 2.87. The Morgan fingerprint density at radius 2 is 1.61 bits per heavy atom. The zero-order valence-corrected chi connectivity index (χ0v) is 20.1. The third-order valence-electron chi connectivity index (χ3n) is 6.57. The molecule has 8 heteroatoms. The van der Waals surface area contributed by atoms with Gasteiger partial charge in [-0.15, -0.1) is 0 Å². The highest BCUT2D eigenvalue weighted by molar-refractivity contribution is 7.89. The fourth-order valence-electron chi connectivity index (χ4n) is 4.48. The van der Waals surface area contributed by atoms with E-state index < -0.39 is 10.0 Å². The van der Waals surface area contributed by atoms with Crippen LogP contribution in [-0.2, 0) is 16.4 Å². The molecule has 0 aliphatic carbocycles. The van der Waals surface area contributed by atoms with E-state index in [1.165, 1.54) is 5.56 Å². The molecule has 2 fully saturated rings. The van der Waals surface area contributed by atoms with Crippen LogP contribution in [0.3, 0.4) is 0 Å². The van der Waals surface area contributed by atoms with Crippen molar-refractivity contribution in [1.82, 2.24) is 14.1 Å². The summed E-state index contributed by atoms with van der Waals surface area (Å²) in [4.78, 5) is 17.5. The van der Waals surface area contributed by atoms with Crippen molar-refractivity contribution in [3.63, 3.8) is 0 Å². The maximum Gasteiger partial charge on any atom is 0.253 e. The monoisotopic (exact) mass is 471 g/mol. The van der Waals surface area contributed by atoms with E-state index in [1.807, 2.05) is 17.0 Å². The van der Waals surface area contributed by atoms with Gasteiger partial charge in [0, 0.05) is 51.4 Å². The standard InChI is InChI=1S/C25H33N3O4S/c1-32-23-10-8-21(9-11-23)12-15-26-16-18-27(19-17-26)25(29)22-6-5-7-24(20-22)33(30,31)28-13-3-2-4-14-28/h5-11,20H,2-4,12-19H2,1H3. The molecular formula is C25H33N3O4S. The number of methoxy groups -OCH3 is 1. The van der Waals surface area contributed by atoms with Crippen LogP contribution in [0.4, 0.5) is 0 Å². The molecule has 0 bridgehead atoms. The number of carbonyl (C=O) groups excluding carboxylic acids is 1. The molecule has 0 atom stereocenters. The molecule has 2 heterocycles. The Labute approximate surface area is 197 Å². The molecule has 33 heavy (non-hydrogen) atoms. The third kappa shape index (κ3) is 5.75. The van der Waals surface area contributed by atoms with E-state index in [-0.39, 0.29) is 10.8 Å². The van der Waals surface area contributed by atoms with Gasteiger partial charge < -0.3 is 9.64 Å². The summed E-state index contributed by atoms with van der Waals surface area (Å²) in [6, 6.07) is 14.7. The molecule has 0 spiro atoms. The zero-order valence-electron chi connectivity index (χ0n) is 19.3. The second-order valence-corrected chi connectivity index (χ2v) is 10.7. The van der Waals surface area contributed by atoms with Crippen molar-refractivity contribution < 1.29 is 17.9 Å². The first-order chi connectivity index (χ1) is 16.0. The molecule has 2 aromatic carbocycles. The largest absolute Gasteiger partial charge is 0.497 e. The van der Waals surface area contributed by atoms with Crippen molar-refractivity contribution >= 4 is 15.9 Å². The molecule has 2 aliphatic heterocycles. The van der Waals surface area contributed by atoms with E-state index in [0.717, 1.165) is 51.1 Å². The maximum absolute atomic E-state index is 13.1. The summed E-state index contributed by atoms with van der Waals surface area (Å²) in [5, 5.41) is 0. The normalized spacial score (nSPS) is 18.3. The first-order valence-electron chi connectivity index (χ1n) is 11.7. The van der Waals surface area contributed by atoms with E-state index in [0.29, 0.717) is 31.7 Å². The number of sulfonamides is 1. The van der Waals surface area contributed by atoms with Crippen molar-refractivity contribution in [3.05, 3.63) is 59.7 Å². The summed E-state index contributed by atoms with van der Waals surface area (Å²) in [6.45, 7) is 4.96. The second-order valence-electron chi connectivity index (χ2n) is 8.72. The fraction of sp³-hybridized carbons (Fsp3) is 0.480. The lowest BCUT2D eigenvalue weighted by Gasteiger charge is -2.35. The second kappa shape index (κ2) is 10.7. The van der Waals surface area contributed by atoms with Crippen LogP contribution in [0.5, 0.6) is 5.75 Å². The van der Waals surface area contributed by atoms with Crippen LogP contribution in [0.1, 0.15) is 35.2 Å². The molecule has 2 aromatic rings. The number of ether oxygens (including phenoxy) is 1. The number of carbonyl (C=O) groups is 1. The van der Waals surface area contributed by atoms with Crippen LogP contribution in [0.15, 0.2) is 53.4 Å². The highest BCUT2D eigenvalue weighted by Gasteiger charge is 2.28. The van der Waals surface area contributed by atoms with Crippen LogP contribution in [0.25, 0.3) is 0 Å². The number of hydrogen-bond donors (Lipinski definition) is 0. The van der Waals surface area contributed by atoms with E-state index in [9.17, 15) is 13.2 Å². The Bertz CT molecular complexity index is 1040. The van der Waals surface area contributed by atoms with Crippen molar-refractivity contribution in [2.24, 2.45) is 0 Å². The Balaban J connectivity index is 1.32. The van der Waals surface area contributed by atoms with E-state index >= 15 is 0 Å². The van der Waals surface area contributed by atoms with Gasteiger partial charge in [-0.3, -0.25) is 9.69 Å². The number of amides is 1. The highest BCUT2D eigenvalue weighted by Crippen LogP contribution is 2.22. The minimum atomic E-state index is -3.55. The lowest BCUT2D eigenvalue weighted by molar-refractivity contribution is 0.0638. The summed E-state index contributed by atoms with van der Waals surface area (Å²) < 4.78 is 32.7. The minimum absolute atomic E-state index is 0.0968. The first-order valence-corrected chi connectivity index (χ1v) is 13.2. The van der Waals surface area contributed by atoms with Gasteiger partial charge >= 0.3 is 0 Å². The quantitative estimate of drug-likeness (QED) is 0.621. The van der Waals surface area contributed by atoms with Gasteiger partial charge in [0.25, 0.3) is 5.91 Å². The maximum atomic E-state index is 13.1. The van der Waals surface area contributed by atoms with E-state index in [1.54, 1.807) is 35.7 Å². The topological polar surface area (TPSA) is 70.2 Å². The molecule has 2 aliphatic rings. The minimum Gasteiger partial charge on any atom is -0.497 e. The number of piperidine rings is 1. The van der Waals surface area contributed by atoms with E-state index in [4.69, 9.17) is 4.74 Å². The molecule has 0 unspecified atom stereocenters. The van der Waals surface area contributed by atoms with Crippen molar-refractivity contribution in [2.45, 2.75) is 30.6 Å². The van der Waals surface area contributed by atoms with Crippen LogP contribution >= 0.6 is 0 Å². The molecule has 1 amide bonds. The van der Waals surface area contributed by atoms with Gasteiger partial charge in [0.05, 0.1) is 12.0 Å². The van der Waals surface area contributed by atoms with Gasteiger partial charge in [-0.25, -0.2) is 8.42 Å². The predicted molar refractivity (Wildman–Crippen MR) is 128 cm³/mol. The average Bonchev–Trinajstić information content (AvgIpc) is 2.88. The lowest BCUT2D eigenvalue weighted by Crippen LogP contribution is -2.49. The average molecular weight is 472 g/mol. The zero-order chi connectivity index (χ0) is 23.3. The number of piperazine rings is 1. The summed E-state index contributed by atoms with van der Waals surface area (Å²) in [5.74, 6) is 0.763. The molecule has 7 nitrogen and oxygen atoms in total. The Morgan fingerprint density at radius 1 is 0.909 bits per heavy atom. The van der Waals surface area contributed by atoms with Crippen LogP contribution in [-0.4, -0.2) is 81.4 Å². The van der Waals surface area contributed by atoms with Gasteiger partial charge in [0.2, 0.25) is 10.0 Å². The van der Waals surface area contributed by atoms with Crippen molar-refractivity contribution in [1.29, 1.82) is 0 Å². The van der Waals surface area contributed by atoms with Crippen molar-refractivity contribution in [2.75, 3.05) is 52.9 Å². The molecule has 0 N–H and O–H groups in total. The lowest BCUT2D eigenvalue weighted by atomic mass is 10.1. The first kappa shape index (κ1) is 23.7. The summed E-state index contributed by atoms with van der Waals surface area (Å²) in [7, 11) is -1.88. The molecular weight excluding hydrogens is 438 g/mol. The molecule has 178 valence electrons. The SMILES string of the molecule is COc1ccc(CCN2CCN(C(=O)c3cccc(S(=O)(=O)N4CCCCC4)c3)CC2)cc1. The molecule has 0 saturated carbocycles. The number of rotatable bonds is 7. The summed E-state index contributed by atoms with van der Waals surface area (Å²) in [6.07, 6.45) is 3.80. The number of hydrogen-bond acceptors (Lipinski definition) is 5. The van der Waals surface area contributed by atoms with Crippen LogP contribution in [0.2, 0.25) is 0 Å². The third-order valence-corrected chi connectivity index (χ3v) is 8.46. The number of benzene rings is 2. The number of nitrogens with zero attached hydrogens (tertiary/aromatic N) is 3. The highest BCUT2D eigenvalue weighted by atomic mass is 32.2. The molecule has 0 radical (unpaired) electrons. The van der Waals surface area contributed by atoms with E-state index in [2.05, 4.69) is 17.0 Å². The Morgan fingerprint density at radius 3 is 2.27 bits per heavy atom. The van der Waals surface area contributed by atoms with Gasteiger partial charge in [-0.2, -0.15) is 4.31 Å². The summed E-state index contributed by atoms with van der Waals surface area (Å²) in [5.41, 5.74) is 1.71. The van der Waals surface area contributed by atoms with Gasteiger partial charge in [0.15, 0.2) is 0 Å². The molecule has 4 rings (SSSR count). The Hall–Kier alpha value is -2.42. The van der Waals surface area contributed by atoms with Gasteiger partial charge in [0.1, 0.15) is 5.75 Å². The van der Waals surface area contributed by atoms with Crippen molar-refractivity contribution in [3.8, 4) is 5.75 Å². The van der Waals surface area contributed by atoms with Gasteiger partial charge in [-0.1, -0.05) is 24.6 Å². The fourth-order valence-corrected chi connectivity index (χ4v) is 6.04.